The molecule has 4 heteroatoms. The van der Waals surface area contributed by atoms with Crippen molar-refractivity contribution < 1.29 is 19.4 Å². The van der Waals surface area contributed by atoms with Gasteiger partial charge in [-0.2, -0.15) is 0 Å². The van der Waals surface area contributed by atoms with Crippen LogP contribution in [0.25, 0.3) is 11.1 Å². The second kappa shape index (κ2) is 6.79. The SMILES string of the molecule is O=Cc1cccc(C(=O)Oc2ccc(-c3ccc(O)cc3)cc2)c1. The van der Waals surface area contributed by atoms with E-state index >= 15 is 0 Å². The van der Waals surface area contributed by atoms with Crippen LogP contribution in [0, 0.1) is 0 Å². The summed E-state index contributed by atoms with van der Waals surface area (Å²) in [5.74, 6) is 0.108. The molecule has 0 saturated carbocycles. The number of rotatable bonds is 4. The topological polar surface area (TPSA) is 63.6 Å². The van der Waals surface area contributed by atoms with Gasteiger partial charge in [0.05, 0.1) is 5.56 Å². The van der Waals surface area contributed by atoms with E-state index in [1.165, 1.54) is 6.07 Å². The highest BCUT2D eigenvalue weighted by molar-refractivity contribution is 5.93. The maximum atomic E-state index is 12.1. The number of ether oxygens (including phenoxy) is 1. The molecule has 0 amide bonds. The Bertz CT molecular complexity index is 865. The van der Waals surface area contributed by atoms with E-state index in [4.69, 9.17) is 4.74 Å². The lowest BCUT2D eigenvalue weighted by Crippen LogP contribution is -2.08. The zero-order chi connectivity index (χ0) is 16.9. The van der Waals surface area contributed by atoms with E-state index in [0.29, 0.717) is 23.2 Å². The number of phenolic OH excluding ortho intramolecular Hbond substituents is 1. The van der Waals surface area contributed by atoms with Crippen LogP contribution in [-0.2, 0) is 0 Å². The van der Waals surface area contributed by atoms with Crippen molar-refractivity contribution in [1.82, 2.24) is 0 Å². The van der Waals surface area contributed by atoms with Crippen molar-refractivity contribution in [2.45, 2.75) is 0 Å². The molecule has 0 unspecified atom stereocenters. The molecule has 0 aliphatic rings. The number of aromatic hydroxyl groups is 1. The molecule has 0 aliphatic heterocycles. The quantitative estimate of drug-likeness (QED) is 0.447. The summed E-state index contributed by atoms with van der Waals surface area (Å²) in [6.07, 6.45) is 0.684. The van der Waals surface area contributed by atoms with Gasteiger partial charge in [0.15, 0.2) is 0 Å². The third kappa shape index (κ3) is 3.50. The molecule has 0 saturated heterocycles. The van der Waals surface area contributed by atoms with Crippen LogP contribution in [0.5, 0.6) is 11.5 Å². The highest BCUT2D eigenvalue weighted by Crippen LogP contribution is 2.24. The summed E-state index contributed by atoms with van der Waals surface area (Å²) in [6.45, 7) is 0. The zero-order valence-electron chi connectivity index (χ0n) is 12.7. The van der Waals surface area contributed by atoms with E-state index in [2.05, 4.69) is 0 Å². The molecular formula is C20H14O4. The van der Waals surface area contributed by atoms with Gasteiger partial charge in [-0.15, -0.1) is 0 Å². The Morgan fingerprint density at radius 2 is 1.50 bits per heavy atom. The third-order valence-electron chi connectivity index (χ3n) is 3.52. The molecule has 3 rings (SSSR count). The molecule has 1 N–H and O–H groups in total. The van der Waals surface area contributed by atoms with Gasteiger partial charge in [-0.1, -0.05) is 36.4 Å². The highest BCUT2D eigenvalue weighted by Gasteiger charge is 2.09. The third-order valence-corrected chi connectivity index (χ3v) is 3.52. The van der Waals surface area contributed by atoms with Gasteiger partial charge in [-0.25, -0.2) is 4.79 Å². The van der Waals surface area contributed by atoms with E-state index in [0.717, 1.165) is 11.1 Å². The Balaban J connectivity index is 1.75. The van der Waals surface area contributed by atoms with Gasteiger partial charge in [0.2, 0.25) is 0 Å². The Kier molecular flexibility index (Phi) is 4.38. The van der Waals surface area contributed by atoms with Crippen LogP contribution >= 0.6 is 0 Å². The van der Waals surface area contributed by atoms with E-state index < -0.39 is 5.97 Å². The first-order valence-electron chi connectivity index (χ1n) is 7.32. The molecule has 0 fully saturated rings. The fourth-order valence-electron chi connectivity index (χ4n) is 2.27. The first kappa shape index (κ1) is 15.5. The lowest BCUT2D eigenvalue weighted by atomic mass is 10.1. The normalized spacial score (nSPS) is 10.2. The lowest BCUT2D eigenvalue weighted by Gasteiger charge is -2.06. The highest BCUT2D eigenvalue weighted by atomic mass is 16.5. The average molecular weight is 318 g/mol. The first-order valence-corrected chi connectivity index (χ1v) is 7.32. The Labute approximate surface area is 139 Å². The molecule has 0 spiro atoms. The minimum absolute atomic E-state index is 0.210. The van der Waals surface area contributed by atoms with Gasteiger partial charge in [-0.3, -0.25) is 4.79 Å². The van der Waals surface area contributed by atoms with Crippen LogP contribution in [0.1, 0.15) is 20.7 Å². The van der Waals surface area contributed by atoms with Crippen LogP contribution in [-0.4, -0.2) is 17.4 Å². The van der Waals surface area contributed by atoms with E-state index in [1.807, 2.05) is 12.1 Å². The molecule has 0 aromatic heterocycles. The van der Waals surface area contributed by atoms with Gasteiger partial charge < -0.3 is 9.84 Å². The molecule has 0 atom stereocenters. The minimum atomic E-state index is -0.518. The molecule has 24 heavy (non-hydrogen) atoms. The van der Waals surface area contributed by atoms with Crippen molar-refractivity contribution in [3.8, 4) is 22.6 Å². The summed E-state index contributed by atoms with van der Waals surface area (Å²) in [4.78, 5) is 22.9. The lowest BCUT2D eigenvalue weighted by molar-refractivity contribution is 0.0734. The molecule has 118 valence electrons. The van der Waals surface area contributed by atoms with E-state index in [-0.39, 0.29) is 5.75 Å². The van der Waals surface area contributed by atoms with Gasteiger partial charge >= 0.3 is 5.97 Å². The molecule has 0 bridgehead atoms. The average Bonchev–Trinajstić information content (AvgIpc) is 2.63. The number of carbonyl (C=O) groups is 2. The number of hydrogen-bond donors (Lipinski definition) is 1. The number of carbonyl (C=O) groups excluding carboxylic acids is 2. The Morgan fingerprint density at radius 3 is 2.12 bits per heavy atom. The maximum absolute atomic E-state index is 12.1. The number of benzene rings is 3. The van der Waals surface area contributed by atoms with Crippen molar-refractivity contribution in [3.63, 3.8) is 0 Å². The minimum Gasteiger partial charge on any atom is -0.508 e. The summed E-state index contributed by atoms with van der Waals surface area (Å²) in [5.41, 5.74) is 2.64. The van der Waals surface area contributed by atoms with Gasteiger partial charge in [0, 0.05) is 5.56 Å². The maximum Gasteiger partial charge on any atom is 0.343 e. The molecule has 3 aromatic rings. The second-order valence-corrected chi connectivity index (χ2v) is 5.20. The van der Waals surface area contributed by atoms with Crippen LogP contribution in [0.2, 0.25) is 0 Å². The first-order chi connectivity index (χ1) is 11.7. The number of aldehydes is 1. The van der Waals surface area contributed by atoms with E-state index in [9.17, 15) is 14.7 Å². The van der Waals surface area contributed by atoms with Crippen LogP contribution in [0.3, 0.4) is 0 Å². The summed E-state index contributed by atoms with van der Waals surface area (Å²) in [5, 5.41) is 9.31. The predicted molar refractivity (Wildman–Crippen MR) is 90.3 cm³/mol. The summed E-state index contributed by atoms with van der Waals surface area (Å²) >= 11 is 0. The number of hydrogen-bond acceptors (Lipinski definition) is 4. The van der Waals surface area contributed by atoms with Crippen molar-refractivity contribution in [2.75, 3.05) is 0 Å². The van der Waals surface area contributed by atoms with Crippen molar-refractivity contribution in [2.24, 2.45) is 0 Å². The van der Waals surface area contributed by atoms with Crippen LogP contribution in [0.4, 0.5) is 0 Å². The fraction of sp³-hybridized carbons (Fsp3) is 0. The largest absolute Gasteiger partial charge is 0.508 e. The van der Waals surface area contributed by atoms with Gasteiger partial charge in [-0.05, 0) is 47.5 Å². The monoisotopic (exact) mass is 318 g/mol. The van der Waals surface area contributed by atoms with Crippen molar-refractivity contribution in [3.05, 3.63) is 83.9 Å². The number of esters is 1. The number of phenols is 1. The molecule has 3 aromatic carbocycles. The molecular weight excluding hydrogens is 304 g/mol. The standard InChI is InChI=1S/C20H14O4/c21-13-14-2-1-3-17(12-14)20(23)24-19-10-6-16(7-11-19)15-4-8-18(22)9-5-15/h1-13,22H. The summed E-state index contributed by atoms with van der Waals surface area (Å²) < 4.78 is 5.32. The summed E-state index contributed by atoms with van der Waals surface area (Å²) in [7, 11) is 0. The van der Waals surface area contributed by atoms with Crippen molar-refractivity contribution in [1.29, 1.82) is 0 Å². The van der Waals surface area contributed by atoms with Crippen LogP contribution in [0.15, 0.2) is 72.8 Å². The molecule has 0 aliphatic carbocycles. The van der Waals surface area contributed by atoms with Gasteiger partial charge in [0.1, 0.15) is 17.8 Å². The van der Waals surface area contributed by atoms with Crippen LogP contribution < -0.4 is 4.74 Å². The predicted octanol–water partition coefficient (Wildman–Crippen LogP) is 4.09. The Hall–Kier alpha value is -3.40. The second-order valence-electron chi connectivity index (χ2n) is 5.20. The van der Waals surface area contributed by atoms with Crippen molar-refractivity contribution >= 4 is 12.3 Å². The Morgan fingerprint density at radius 1 is 0.875 bits per heavy atom. The van der Waals surface area contributed by atoms with E-state index in [1.54, 1.807) is 54.6 Å². The smallest absolute Gasteiger partial charge is 0.343 e. The fourth-order valence-corrected chi connectivity index (χ4v) is 2.27. The van der Waals surface area contributed by atoms with Gasteiger partial charge in [0.25, 0.3) is 0 Å². The zero-order valence-corrected chi connectivity index (χ0v) is 12.7. The molecule has 0 heterocycles. The molecule has 0 radical (unpaired) electrons. The molecule has 4 nitrogen and oxygen atoms in total. The summed E-state index contributed by atoms with van der Waals surface area (Å²) in [6, 6.07) is 20.2.